The van der Waals surface area contributed by atoms with Crippen LogP contribution in [0.15, 0.2) is 18.2 Å². The number of amides is 1. The van der Waals surface area contributed by atoms with Crippen LogP contribution in [0.1, 0.15) is 12.5 Å². The molecule has 0 aromatic heterocycles. The van der Waals surface area contributed by atoms with E-state index in [0.717, 1.165) is 19.2 Å². The van der Waals surface area contributed by atoms with Gasteiger partial charge in [0.15, 0.2) is 0 Å². The third-order valence-electron chi connectivity index (χ3n) is 3.21. The largest absolute Gasteiger partial charge is 0.363 e. The molecule has 1 saturated heterocycles. The zero-order valence-corrected chi connectivity index (χ0v) is 11.3. The van der Waals surface area contributed by atoms with Crippen LogP contribution in [0.5, 0.6) is 0 Å². The fourth-order valence-electron chi connectivity index (χ4n) is 1.97. The maximum absolute atomic E-state index is 13.0. The Morgan fingerprint density at radius 2 is 2.00 bits per heavy atom. The van der Waals surface area contributed by atoms with Gasteiger partial charge in [0.1, 0.15) is 18.2 Å². The first-order valence-corrected chi connectivity index (χ1v) is 6.53. The Morgan fingerprint density at radius 1 is 1.35 bits per heavy atom. The first-order valence-electron chi connectivity index (χ1n) is 6.53. The van der Waals surface area contributed by atoms with E-state index in [2.05, 4.69) is 10.6 Å². The SMILES string of the molecule is CC1(OCC(=O)NCCc2cc(F)cc(F)c2)CNC1. The maximum Gasteiger partial charge on any atom is 0.246 e. The van der Waals surface area contributed by atoms with E-state index in [9.17, 15) is 13.6 Å². The van der Waals surface area contributed by atoms with Crippen molar-refractivity contribution in [2.75, 3.05) is 26.2 Å². The number of carbonyl (C=O) groups excluding carboxylic acids is 1. The van der Waals surface area contributed by atoms with Crippen LogP contribution in [-0.2, 0) is 16.0 Å². The van der Waals surface area contributed by atoms with Crippen molar-refractivity contribution < 1.29 is 18.3 Å². The topological polar surface area (TPSA) is 50.4 Å². The first kappa shape index (κ1) is 14.9. The fraction of sp³-hybridized carbons (Fsp3) is 0.500. The Hall–Kier alpha value is -1.53. The van der Waals surface area contributed by atoms with Crippen LogP contribution in [0.2, 0.25) is 0 Å². The highest BCUT2D eigenvalue weighted by Crippen LogP contribution is 2.14. The van der Waals surface area contributed by atoms with Crippen molar-refractivity contribution in [3.8, 4) is 0 Å². The van der Waals surface area contributed by atoms with Crippen LogP contribution in [0, 0.1) is 11.6 Å². The smallest absolute Gasteiger partial charge is 0.246 e. The highest BCUT2D eigenvalue weighted by molar-refractivity contribution is 5.77. The Labute approximate surface area is 116 Å². The molecule has 6 heteroatoms. The molecule has 0 unspecified atom stereocenters. The van der Waals surface area contributed by atoms with Gasteiger partial charge in [-0.1, -0.05) is 0 Å². The third kappa shape index (κ3) is 4.25. The molecular weight excluding hydrogens is 266 g/mol. The summed E-state index contributed by atoms with van der Waals surface area (Å²) in [5, 5.41) is 5.73. The van der Waals surface area contributed by atoms with Gasteiger partial charge in [-0.3, -0.25) is 4.79 Å². The molecular formula is C14H18F2N2O2. The molecule has 2 N–H and O–H groups in total. The zero-order valence-electron chi connectivity index (χ0n) is 11.3. The molecule has 20 heavy (non-hydrogen) atoms. The predicted molar refractivity (Wildman–Crippen MR) is 70.3 cm³/mol. The number of carbonyl (C=O) groups is 1. The quantitative estimate of drug-likeness (QED) is 0.819. The van der Waals surface area contributed by atoms with E-state index in [4.69, 9.17) is 4.74 Å². The molecule has 0 spiro atoms. The molecule has 1 aliphatic heterocycles. The van der Waals surface area contributed by atoms with Crippen molar-refractivity contribution in [3.63, 3.8) is 0 Å². The number of hydrogen-bond acceptors (Lipinski definition) is 3. The van der Waals surface area contributed by atoms with Gasteiger partial charge in [-0.05, 0) is 31.0 Å². The minimum absolute atomic E-state index is 0.00427. The van der Waals surface area contributed by atoms with Gasteiger partial charge in [0.2, 0.25) is 5.91 Å². The molecule has 0 saturated carbocycles. The lowest BCUT2D eigenvalue weighted by atomic mass is 10.0. The molecule has 0 bridgehead atoms. The molecule has 1 fully saturated rings. The van der Waals surface area contributed by atoms with Gasteiger partial charge >= 0.3 is 0 Å². The highest BCUT2D eigenvalue weighted by atomic mass is 19.1. The number of halogens is 2. The second-order valence-corrected chi connectivity index (χ2v) is 5.22. The minimum atomic E-state index is -0.611. The number of rotatable bonds is 6. The lowest BCUT2D eigenvalue weighted by molar-refractivity contribution is -0.135. The normalized spacial score (nSPS) is 16.6. The standard InChI is InChI=1S/C14H18F2N2O2/c1-14(8-17-9-14)20-7-13(19)18-3-2-10-4-11(15)6-12(16)5-10/h4-6,17H,2-3,7-9H2,1H3,(H,18,19). The van der Waals surface area contributed by atoms with Crippen LogP contribution in [0.3, 0.4) is 0 Å². The lowest BCUT2D eigenvalue weighted by Gasteiger charge is -2.38. The Balaban J connectivity index is 1.68. The Kier molecular flexibility index (Phi) is 4.67. The summed E-state index contributed by atoms with van der Waals surface area (Å²) in [5.74, 6) is -1.45. The van der Waals surface area contributed by atoms with E-state index in [1.54, 1.807) is 0 Å². The second-order valence-electron chi connectivity index (χ2n) is 5.22. The summed E-state index contributed by atoms with van der Waals surface area (Å²) in [7, 11) is 0. The fourth-order valence-corrected chi connectivity index (χ4v) is 1.97. The van der Waals surface area contributed by atoms with Gasteiger partial charge < -0.3 is 15.4 Å². The average molecular weight is 284 g/mol. The molecule has 0 aliphatic carbocycles. The molecule has 110 valence electrons. The molecule has 2 rings (SSSR count). The van der Waals surface area contributed by atoms with Crippen molar-refractivity contribution in [1.29, 1.82) is 0 Å². The van der Waals surface area contributed by atoms with Gasteiger partial charge in [-0.15, -0.1) is 0 Å². The lowest BCUT2D eigenvalue weighted by Crippen LogP contribution is -2.59. The molecule has 1 aromatic rings. The van der Waals surface area contributed by atoms with Crippen molar-refractivity contribution >= 4 is 5.91 Å². The van der Waals surface area contributed by atoms with Gasteiger partial charge in [0.25, 0.3) is 0 Å². The number of nitrogens with one attached hydrogen (secondary N) is 2. The monoisotopic (exact) mass is 284 g/mol. The molecule has 1 heterocycles. The second kappa shape index (κ2) is 6.28. The van der Waals surface area contributed by atoms with Gasteiger partial charge in [-0.2, -0.15) is 0 Å². The summed E-state index contributed by atoms with van der Waals surface area (Å²) in [4.78, 5) is 11.5. The number of benzene rings is 1. The summed E-state index contributed by atoms with van der Waals surface area (Å²) >= 11 is 0. The van der Waals surface area contributed by atoms with E-state index < -0.39 is 11.6 Å². The van der Waals surface area contributed by atoms with Crippen molar-refractivity contribution in [3.05, 3.63) is 35.4 Å². The molecule has 1 aromatic carbocycles. The zero-order chi connectivity index (χ0) is 14.6. The predicted octanol–water partition coefficient (Wildman–Crippen LogP) is 1.00. The molecule has 1 amide bonds. The van der Waals surface area contributed by atoms with Crippen molar-refractivity contribution in [2.45, 2.75) is 18.9 Å². The van der Waals surface area contributed by atoms with E-state index in [-0.39, 0.29) is 18.1 Å². The Bertz CT molecular complexity index is 470. The Morgan fingerprint density at radius 3 is 2.55 bits per heavy atom. The summed E-state index contributed by atoms with van der Waals surface area (Å²) < 4.78 is 31.4. The molecule has 0 atom stereocenters. The highest BCUT2D eigenvalue weighted by Gasteiger charge is 2.32. The van der Waals surface area contributed by atoms with E-state index in [1.165, 1.54) is 12.1 Å². The van der Waals surface area contributed by atoms with E-state index >= 15 is 0 Å². The molecule has 0 radical (unpaired) electrons. The van der Waals surface area contributed by atoms with Gasteiger partial charge in [0, 0.05) is 25.7 Å². The average Bonchev–Trinajstić information content (AvgIpc) is 2.33. The number of ether oxygens (including phenoxy) is 1. The van der Waals surface area contributed by atoms with Crippen molar-refractivity contribution in [1.82, 2.24) is 10.6 Å². The first-order chi connectivity index (χ1) is 9.47. The van der Waals surface area contributed by atoms with Crippen LogP contribution in [-0.4, -0.2) is 37.7 Å². The third-order valence-corrected chi connectivity index (χ3v) is 3.21. The summed E-state index contributed by atoms with van der Waals surface area (Å²) in [6.07, 6.45) is 0.374. The van der Waals surface area contributed by atoms with Crippen LogP contribution in [0.4, 0.5) is 8.78 Å². The van der Waals surface area contributed by atoms with Crippen LogP contribution >= 0.6 is 0 Å². The van der Waals surface area contributed by atoms with Crippen molar-refractivity contribution in [2.24, 2.45) is 0 Å². The summed E-state index contributed by atoms with van der Waals surface area (Å²) in [5.41, 5.74) is 0.252. The van der Waals surface area contributed by atoms with E-state index in [0.29, 0.717) is 18.5 Å². The summed E-state index contributed by atoms with van der Waals surface area (Å²) in [6, 6.07) is 3.34. The summed E-state index contributed by atoms with van der Waals surface area (Å²) in [6.45, 7) is 3.73. The van der Waals surface area contributed by atoms with E-state index in [1.807, 2.05) is 6.92 Å². The van der Waals surface area contributed by atoms with Crippen LogP contribution in [0.25, 0.3) is 0 Å². The molecule has 4 nitrogen and oxygen atoms in total. The number of hydrogen-bond donors (Lipinski definition) is 2. The maximum atomic E-state index is 13.0. The minimum Gasteiger partial charge on any atom is -0.363 e. The molecule has 1 aliphatic rings. The van der Waals surface area contributed by atoms with Gasteiger partial charge in [0.05, 0.1) is 5.60 Å². The van der Waals surface area contributed by atoms with Gasteiger partial charge in [-0.25, -0.2) is 8.78 Å². The van der Waals surface area contributed by atoms with Crippen LogP contribution < -0.4 is 10.6 Å².